The molecule has 0 spiro atoms. The van der Waals surface area contributed by atoms with Crippen molar-refractivity contribution in [1.82, 2.24) is 0 Å². The standard InChI is InChI=1S/C87H103N/c1-7-11-15-19-23-27-53-86(54-28-24-20-16-12-8-2)82-57-66(6)33-49-78(82)79-51-47-73(62-84(79)86)76-58-75(71-44-40-69(64-88)41-45-71)59-77(60-76)74-48-52-81-80-50-46-72(70-42-38-68(39-43-70)37-36-67-34-31-65(5)32-35-67)61-83(80)87(85(81)63-74,55-29-25-21-17-13-9-3)56-30-26-22-18-14-10-4/h31-52,57-63H,7-30,53-56H2,1-6H3/b37-36+. The van der Waals surface area contributed by atoms with E-state index in [2.05, 4.69) is 211 Å². The van der Waals surface area contributed by atoms with E-state index in [1.54, 1.807) is 11.1 Å². The fourth-order valence-electron chi connectivity index (χ4n) is 15.3. The Hall–Kier alpha value is -7.01. The zero-order chi connectivity index (χ0) is 61.1. The van der Waals surface area contributed by atoms with E-state index in [1.165, 1.54) is 262 Å². The molecule has 0 heterocycles. The van der Waals surface area contributed by atoms with Crippen LogP contribution in [0.25, 0.3) is 78.9 Å². The highest BCUT2D eigenvalue weighted by Gasteiger charge is 2.44. The molecule has 0 amide bonds. The van der Waals surface area contributed by atoms with Gasteiger partial charge < -0.3 is 0 Å². The Morgan fingerprint density at radius 1 is 0.284 bits per heavy atom. The smallest absolute Gasteiger partial charge is 0.0991 e. The maximum Gasteiger partial charge on any atom is 0.0991 e. The van der Waals surface area contributed by atoms with Gasteiger partial charge in [-0.3, -0.25) is 0 Å². The van der Waals surface area contributed by atoms with Crippen molar-refractivity contribution < 1.29 is 0 Å². The maximum absolute atomic E-state index is 9.97. The van der Waals surface area contributed by atoms with Crippen molar-refractivity contribution >= 4 is 12.2 Å². The van der Waals surface area contributed by atoms with Crippen LogP contribution in [0.2, 0.25) is 0 Å². The van der Waals surface area contributed by atoms with Crippen molar-refractivity contribution in [1.29, 1.82) is 5.26 Å². The lowest BCUT2D eigenvalue weighted by Crippen LogP contribution is -2.25. The van der Waals surface area contributed by atoms with Gasteiger partial charge in [0.15, 0.2) is 0 Å². The van der Waals surface area contributed by atoms with Crippen LogP contribution in [-0.4, -0.2) is 0 Å². The maximum atomic E-state index is 9.97. The number of nitrogens with zero attached hydrogens (tertiary/aromatic N) is 1. The SMILES string of the molecule is CCCCCCCCC1(CCCCCCCC)c2cc(C)ccc2-c2ccc(-c3cc(-c4ccc(C#N)cc4)cc(-c4ccc5c(c4)C(CCCCCCCC)(CCCCCCCC)c4cc(-c6ccc(/C=C/c7ccc(C)cc7)cc6)ccc4-5)c3)cc21. The van der Waals surface area contributed by atoms with Gasteiger partial charge in [0.05, 0.1) is 11.6 Å². The number of rotatable bonds is 34. The van der Waals surface area contributed by atoms with E-state index >= 15 is 0 Å². The normalized spacial score (nSPS) is 13.4. The van der Waals surface area contributed by atoms with Crippen LogP contribution >= 0.6 is 0 Å². The first kappa shape index (κ1) is 64.0. The quantitative estimate of drug-likeness (QED) is 0.0291. The average molecular weight is 1160 g/mol. The highest BCUT2D eigenvalue weighted by molar-refractivity contribution is 5.90. The van der Waals surface area contributed by atoms with Crippen LogP contribution in [0.5, 0.6) is 0 Å². The van der Waals surface area contributed by atoms with Gasteiger partial charge in [0.25, 0.3) is 0 Å². The first-order valence-electron chi connectivity index (χ1n) is 35.3. The number of nitriles is 1. The van der Waals surface area contributed by atoms with E-state index in [0.717, 1.165) is 18.4 Å². The van der Waals surface area contributed by atoms with Gasteiger partial charge in [0.2, 0.25) is 0 Å². The van der Waals surface area contributed by atoms with Gasteiger partial charge in [0.1, 0.15) is 0 Å². The largest absolute Gasteiger partial charge is 0.192 e. The molecule has 0 N–H and O–H groups in total. The Labute approximate surface area is 533 Å². The minimum absolute atomic E-state index is 0.0113. The fourth-order valence-corrected chi connectivity index (χ4v) is 15.3. The Balaban J connectivity index is 1.08. The Morgan fingerprint density at radius 3 is 0.955 bits per heavy atom. The van der Waals surface area contributed by atoms with Crippen LogP contribution in [0.15, 0.2) is 164 Å². The van der Waals surface area contributed by atoms with E-state index in [4.69, 9.17) is 0 Å². The van der Waals surface area contributed by atoms with E-state index in [9.17, 15) is 5.26 Å². The van der Waals surface area contributed by atoms with Crippen molar-refractivity contribution in [3.63, 3.8) is 0 Å². The zero-order valence-corrected chi connectivity index (χ0v) is 55.0. The molecule has 2 aliphatic carbocycles. The van der Waals surface area contributed by atoms with Gasteiger partial charge in [-0.25, -0.2) is 0 Å². The number of aryl methyl sites for hydroxylation is 2. The molecule has 0 saturated heterocycles. The summed E-state index contributed by atoms with van der Waals surface area (Å²) in [6.45, 7) is 13.8. The van der Waals surface area contributed by atoms with Gasteiger partial charge in [0, 0.05) is 10.8 Å². The van der Waals surface area contributed by atoms with Gasteiger partial charge in [-0.15, -0.1) is 0 Å². The number of hydrogen-bond donors (Lipinski definition) is 0. The van der Waals surface area contributed by atoms with Crippen molar-refractivity contribution in [2.75, 3.05) is 0 Å². The summed E-state index contributed by atoms with van der Waals surface area (Å²) in [4.78, 5) is 0. The summed E-state index contributed by atoms with van der Waals surface area (Å²) in [5.41, 5.74) is 27.6. The summed E-state index contributed by atoms with van der Waals surface area (Å²) in [5, 5.41) is 9.97. The molecule has 0 fully saturated rings. The molecular formula is C87H103N. The second-order valence-corrected chi connectivity index (χ2v) is 26.9. The van der Waals surface area contributed by atoms with E-state index in [1.807, 2.05) is 12.1 Å². The summed E-state index contributed by atoms with van der Waals surface area (Å²) in [6.07, 6.45) is 40.4. The summed E-state index contributed by atoms with van der Waals surface area (Å²) in [5.74, 6) is 0. The fraction of sp³-hybridized carbons (Fsp3) is 0.414. The van der Waals surface area contributed by atoms with Gasteiger partial charge in [-0.2, -0.15) is 5.26 Å². The van der Waals surface area contributed by atoms with Crippen LogP contribution in [-0.2, 0) is 10.8 Å². The molecule has 0 unspecified atom stereocenters. The Kier molecular flexibility index (Phi) is 22.9. The van der Waals surface area contributed by atoms with Crippen molar-refractivity contribution in [3.8, 4) is 72.8 Å². The molecule has 10 rings (SSSR count). The van der Waals surface area contributed by atoms with Crippen LogP contribution in [0, 0.1) is 25.2 Å². The lowest BCUT2D eigenvalue weighted by atomic mass is 9.69. The molecule has 0 saturated carbocycles. The second-order valence-electron chi connectivity index (χ2n) is 26.9. The monoisotopic (exact) mass is 1160 g/mol. The zero-order valence-electron chi connectivity index (χ0n) is 55.0. The molecule has 0 bridgehead atoms. The first-order chi connectivity index (χ1) is 43.2. The second kappa shape index (κ2) is 31.4. The van der Waals surface area contributed by atoms with Crippen molar-refractivity contribution in [2.45, 2.75) is 232 Å². The Bertz CT molecular complexity index is 3560. The molecule has 88 heavy (non-hydrogen) atoms. The molecule has 1 heteroatoms. The van der Waals surface area contributed by atoms with Crippen molar-refractivity contribution in [2.24, 2.45) is 0 Å². The third-order valence-electron chi connectivity index (χ3n) is 20.4. The average Bonchev–Trinajstić information content (AvgIpc) is 1.72. The Morgan fingerprint density at radius 2 is 0.568 bits per heavy atom. The molecule has 0 aromatic heterocycles. The number of hydrogen-bond acceptors (Lipinski definition) is 1. The van der Waals surface area contributed by atoms with Crippen LogP contribution in [0.3, 0.4) is 0 Å². The lowest BCUT2D eigenvalue weighted by molar-refractivity contribution is 0.398. The molecule has 1 nitrogen and oxygen atoms in total. The van der Waals surface area contributed by atoms with Crippen molar-refractivity contribution in [3.05, 3.63) is 214 Å². The first-order valence-corrected chi connectivity index (χ1v) is 35.3. The highest BCUT2D eigenvalue weighted by Crippen LogP contribution is 2.58. The van der Waals surface area contributed by atoms with E-state index in [-0.39, 0.29) is 10.8 Å². The minimum atomic E-state index is -0.0981. The summed E-state index contributed by atoms with van der Waals surface area (Å²) >= 11 is 0. The topological polar surface area (TPSA) is 23.8 Å². The molecule has 8 aromatic carbocycles. The van der Waals surface area contributed by atoms with Gasteiger partial charge in [-0.05, 0) is 188 Å². The molecule has 2 aliphatic rings. The predicted octanol–water partition coefficient (Wildman–Crippen LogP) is 26.5. The summed E-state index contributed by atoms with van der Waals surface area (Å²) in [7, 11) is 0. The van der Waals surface area contributed by atoms with Gasteiger partial charge >= 0.3 is 0 Å². The summed E-state index contributed by atoms with van der Waals surface area (Å²) < 4.78 is 0. The third-order valence-corrected chi connectivity index (χ3v) is 20.4. The third kappa shape index (κ3) is 15.2. The molecular weight excluding hydrogens is 1060 g/mol. The number of fused-ring (bicyclic) bond motifs is 6. The molecule has 456 valence electrons. The summed E-state index contributed by atoms with van der Waals surface area (Å²) in [6, 6.07) is 66.2. The number of benzene rings is 8. The highest BCUT2D eigenvalue weighted by atomic mass is 14.5. The van der Waals surface area contributed by atoms with Crippen LogP contribution in [0.1, 0.15) is 258 Å². The van der Waals surface area contributed by atoms with Crippen LogP contribution < -0.4 is 0 Å². The molecule has 0 radical (unpaired) electrons. The van der Waals surface area contributed by atoms with Gasteiger partial charge in [-0.1, -0.05) is 320 Å². The minimum Gasteiger partial charge on any atom is -0.192 e. The molecule has 0 aliphatic heterocycles. The van der Waals surface area contributed by atoms with Crippen LogP contribution in [0.4, 0.5) is 0 Å². The molecule has 0 atom stereocenters. The molecule has 8 aromatic rings. The lowest BCUT2D eigenvalue weighted by Gasteiger charge is -2.33. The van der Waals surface area contributed by atoms with E-state index in [0.29, 0.717) is 5.56 Å². The predicted molar refractivity (Wildman–Crippen MR) is 382 cm³/mol. The van der Waals surface area contributed by atoms with E-state index < -0.39 is 0 Å². The number of unbranched alkanes of at least 4 members (excludes halogenated alkanes) is 20.